The van der Waals surface area contributed by atoms with E-state index in [1.165, 1.54) is 0 Å². The maximum atomic E-state index is 7.41. The minimum Gasteiger partial charge on any atom is -0.383 e. The number of rotatable bonds is 6. The highest BCUT2D eigenvalue weighted by molar-refractivity contribution is 5.93. The van der Waals surface area contributed by atoms with Crippen LogP contribution in [0.5, 0.6) is 0 Å². The van der Waals surface area contributed by atoms with Crippen molar-refractivity contribution in [3.05, 3.63) is 17.5 Å². The van der Waals surface area contributed by atoms with Gasteiger partial charge in [0.25, 0.3) is 0 Å². The highest BCUT2D eigenvalue weighted by Crippen LogP contribution is 2.09. The minimum atomic E-state index is -0.0421. The lowest BCUT2D eigenvalue weighted by atomic mass is 10.3. The van der Waals surface area contributed by atoms with Gasteiger partial charge in [0.15, 0.2) is 0 Å². The molecular formula is C11H19N5O. The smallest absolute Gasteiger partial charge is 0.226 e. The number of amidine groups is 1. The molecule has 1 aromatic heterocycles. The second-order valence-corrected chi connectivity index (χ2v) is 3.68. The molecule has 0 aliphatic heterocycles. The number of nitrogens with zero attached hydrogens (tertiary/aromatic N) is 3. The van der Waals surface area contributed by atoms with E-state index in [1.807, 2.05) is 18.7 Å². The minimum absolute atomic E-state index is 0.0421. The van der Waals surface area contributed by atoms with Gasteiger partial charge in [-0.1, -0.05) is 0 Å². The van der Waals surface area contributed by atoms with Crippen molar-refractivity contribution in [3.63, 3.8) is 0 Å². The van der Waals surface area contributed by atoms with Crippen LogP contribution in [0, 0.1) is 12.3 Å². The first-order valence-electron chi connectivity index (χ1n) is 5.52. The van der Waals surface area contributed by atoms with Crippen LogP contribution in [0.25, 0.3) is 0 Å². The predicted octanol–water partition coefficient (Wildman–Crippen LogP) is 0.542. The third-order valence-corrected chi connectivity index (χ3v) is 2.35. The topological polar surface area (TPSA) is 88.1 Å². The number of nitrogen functional groups attached to an aromatic ring is 1. The van der Waals surface area contributed by atoms with Crippen molar-refractivity contribution in [2.45, 2.75) is 13.8 Å². The van der Waals surface area contributed by atoms with Gasteiger partial charge in [-0.3, -0.25) is 5.41 Å². The van der Waals surface area contributed by atoms with E-state index in [0.717, 1.165) is 12.2 Å². The normalized spacial score (nSPS) is 10.3. The van der Waals surface area contributed by atoms with E-state index >= 15 is 0 Å². The first-order chi connectivity index (χ1) is 8.08. The molecule has 0 fully saturated rings. The summed E-state index contributed by atoms with van der Waals surface area (Å²) in [6, 6.07) is 1.70. The Kier molecular flexibility index (Phi) is 4.84. The predicted molar refractivity (Wildman–Crippen MR) is 67.5 cm³/mol. The van der Waals surface area contributed by atoms with Crippen LogP contribution in [-0.2, 0) is 4.74 Å². The van der Waals surface area contributed by atoms with Gasteiger partial charge in [-0.05, 0) is 19.9 Å². The Morgan fingerprint density at radius 2 is 2.24 bits per heavy atom. The van der Waals surface area contributed by atoms with Crippen molar-refractivity contribution in [2.75, 3.05) is 31.7 Å². The van der Waals surface area contributed by atoms with Crippen molar-refractivity contribution in [2.24, 2.45) is 5.73 Å². The standard InChI is InChI=1S/C11H19N5O/c1-4-16(5-6-17-3)11-14-8(2)7-9(15-11)10(12)13/h7H,4-6H2,1-3H3,(H3,12,13). The average Bonchev–Trinajstić information content (AvgIpc) is 2.29. The van der Waals surface area contributed by atoms with Gasteiger partial charge >= 0.3 is 0 Å². The molecule has 0 saturated heterocycles. The Bertz CT molecular complexity index is 393. The summed E-state index contributed by atoms with van der Waals surface area (Å²) in [6.07, 6.45) is 0. The lowest BCUT2D eigenvalue weighted by Gasteiger charge is -2.21. The Hall–Kier alpha value is -1.69. The molecule has 6 heteroatoms. The molecule has 0 amide bonds. The van der Waals surface area contributed by atoms with Crippen LogP contribution in [-0.4, -0.2) is 42.6 Å². The van der Waals surface area contributed by atoms with Gasteiger partial charge in [0.1, 0.15) is 11.5 Å². The molecule has 3 N–H and O–H groups in total. The summed E-state index contributed by atoms with van der Waals surface area (Å²) in [7, 11) is 1.66. The Morgan fingerprint density at radius 1 is 1.53 bits per heavy atom. The second-order valence-electron chi connectivity index (χ2n) is 3.68. The summed E-state index contributed by atoms with van der Waals surface area (Å²) in [4.78, 5) is 10.6. The number of aromatic nitrogens is 2. The molecule has 0 aromatic carbocycles. The average molecular weight is 237 g/mol. The number of ether oxygens (including phenoxy) is 1. The molecule has 1 aromatic rings. The van der Waals surface area contributed by atoms with Gasteiger partial charge in [0.05, 0.1) is 6.61 Å². The number of anilines is 1. The molecule has 94 valence electrons. The van der Waals surface area contributed by atoms with E-state index < -0.39 is 0 Å². The molecule has 0 aliphatic carbocycles. The molecule has 0 saturated carbocycles. The van der Waals surface area contributed by atoms with Gasteiger partial charge in [-0.25, -0.2) is 9.97 Å². The highest BCUT2D eigenvalue weighted by atomic mass is 16.5. The zero-order chi connectivity index (χ0) is 12.8. The third kappa shape index (κ3) is 3.67. The number of nitrogens with two attached hydrogens (primary N) is 1. The second kappa shape index (κ2) is 6.15. The Balaban J connectivity index is 2.98. The monoisotopic (exact) mass is 237 g/mol. The lowest BCUT2D eigenvalue weighted by Crippen LogP contribution is -2.29. The Labute approximate surface area is 101 Å². The first-order valence-corrected chi connectivity index (χ1v) is 5.52. The Morgan fingerprint density at radius 3 is 2.76 bits per heavy atom. The number of likely N-dealkylation sites (N-methyl/N-ethyl adjacent to an activating group) is 1. The molecule has 0 aliphatic rings. The molecule has 0 bridgehead atoms. The van der Waals surface area contributed by atoms with Gasteiger partial charge in [-0.2, -0.15) is 0 Å². The number of nitrogens with one attached hydrogen (secondary N) is 1. The number of hydrogen-bond acceptors (Lipinski definition) is 5. The zero-order valence-electron chi connectivity index (χ0n) is 10.5. The maximum absolute atomic E-state index is 7.41. The van der Waals surface area contributed by atoms with Gasteiger partial charge in [-0.15, -0.1) is 0 Å². The van der Waals surface area contributed by atoms with Gasteiger partial charge < -0.3 is 15.4 Å². The SMILES string of the molecule is CCN(CCOC)c1nc(C)cc(C(=N)N)n1. The van der Waals surface area contributed by atoms with Crippen LogP contribution in [0.2, 0.25) is 0 Å². The van der Waals surface area contributed by atoms with Gasteiger partial charge in [0, 0.05) is 25.9 Å². The summed E-state index contributed by atoms with van der Waals surface area (Å²) < 4.78 is 5.04. The van der Waals surface area contributed by atoms with Crippen LogP contribution in [0.15, 0.2) is 6.07 Å². The fourth-order valence-corrected chi connectivity index (χ4v) is 1.43. The van der Waals surface area contributed by atoms with E-state index in [2.05, 4.69) is 9.97 Å². The number of hydrogen-bond donors (Lipinski definition) is 2. The van der Waals surface area contributed by atoms with E-state index in [0.29, 0.717) is 24.8 Å². The fraction of sp³-hybridized carbons (Fsp3) is 0.545. The summed E-state index contributed by atoms with van der Waals surface area (Å²) in [5.41, 5.74) is 6.71. The molecule has 0 spiro atoms. The van der Waals surface area contributed by atoms with Crippen LogP contribution >= 0.6 is 0 Å². The van der Waals surface area contributed by atoms with Gasteiger partial charge in [0.2, 0.25) is 5.95 Å². The van der Waals surface area contributed by atoms with E-state index in [-0.39, 0.29) is 5.84 Å². The van der Waals surface area contributed by atoms with Crippen LogP contribution in [0.1, 0.15) is 18.3 Å². The molecule has 0 unspecified atom stereocenters. The van der Waals surface area contributed by atoms with Crippen molar-refractivity contribution in [1.29, 1.82) is 5.41 Å². The van der Waals surface area contributed by atoms with E-state index in [9.17, 15) is 0 Å². The largest absolute Gasteiger partial charge is 0.383 e. The third-order valence-electron chi connectivity index (χ3n) is 2.35. The summed E-state index contributed by atoms with van der Waals surface area (Å²) >= 11 is 0. The van der Waals surface area contributed by atoms with Crippen molar-refractivity contribution in [1.82, 2.24) is 9.97 Å². The molecule has 1 heterocycles. The quantitative estimate of drug-likeness (QED) is 0.557. The lowest BCUT2D eigenvalue weighted by molar-refractivity contribution is 0.205. The first kappa shape index (κ1) is 13.4. The summed E-state index contributed by atoms with van der Waals surface area (Å²) in [5.74, 6) is 0.550. The van der Waals surface area contributed by atoms with Crippen LogP contribution < -0.4 is 10.6 Å². The number of methoxy groups -OCH3 is 1. The zero-order valence-corrected chi connectivity index (χ0v) is 10.5. The van der Waals surface area contributed by atoms with Crippen molar-refractivity contribution >= 4 is 11.8 Å². The van der Waals surface area contributed by atoms with Crippen LogP contribution in [0.4, 0.5) is 5.95 Å². The summed E-state index contributed by atoms with van der Waals surface area (Å²) in [6.45, 7) is 6.00. The van der Waals surface area contributed by atoms with Crippen molar-refractivity contribution in [3.8, 4) is 0 Å². The van der Waals surface area contributed by atoms with E-state index in [1.54, 1.807) is 13.2 Å². The highest BCUT2D eigenvalue weighted by Gasteiger charge is 2.10. The molecule has 17 heavy (non-hydrogen) atoms. The summed E-state index contributed by atoms with van der Waals surface area (Å²) in [5, 5.41) is 7.41. The molecule has 6 nitrogen and oxygen atoms in total. The van der Waals surface area contributed by atoms with Crippen molar-refractivity contribution < 1.29 is 4.74 Å². The molecular weight excluding hydrogens is 218 g/mol. The molecule has 0 atom stereocenters. The molecule has 1 rings (SSSR count). The molecule has 0 radical (unpaired) electrons. The maximum Gasteiger partial charge on any atom is 0.226 e. The fourth-order valence-electron chi connectivity index (χ4n) is 1.43. The van der Waals surface area contributed by atoms with Crippen LogP contribution in [0.3, 0.4) is 0 Å². The van der Waals surface area contributed by atoms with E-state index in [4.69, 9.17) is 15.9 Å². The number of aryl methyl sites for hydroxylation is 1.